The second kappa shape index (κ2) is 5.63. The van der Waals surface area contributed by atoms with Crippen LogP contribution in [-0.4, -0.2) is 11.1 Å². The fourth-order valence-electron chi connectivity index (χ4n) is 1.57. The number of halogens is 2. The van der Waals surface area contributed by atoms with Crippen molar-refractivity contribution in [3.8, 4) is 11.5 Å². The molecule has 0 bridgehead atoms. The lowest BCUT2D eigenvalue weighted by molar-refractivity contribution is 0.0694. The molecule has 0 saturated carbocycles. The number of aryl methyl sites for hydroxylation is 1. The summed E-state index contributed by atoms with van der Waals surface area (Å²) in [7, 11) is 0. The van der Waals surface area contributed by atoms with Crippen molar-refractivity contribution in [2.75, 3.05) is 0 Å². The Kier molecular flexibility index (Phi) is 4.12. The van der Waals surface area contributed by atoms with Gasteiger partial charge in [-0.05, 0) is 48.9 Å². The van der Waals surface area contributed by atoms with Gasteiger partial charge in [0.15, 0.2) is 0 Å². The normalized spacial score (nSPS) is 10.3. The van der Waals surface area contributed by atoms with Crippen LogP contribution in [0.15, 0.2) is 40.9 Å². The van der Waals surface area contributed by atoms with Crippen molar-refractivity contribution in [3.63, 3.8) is 0 Å². The summed E-state index contributed by atoms with van der Waals surface area (Å²) in [4.78, 5) is 11.1. The van der Waals surface area contributed by atoms with Crippen LogP contribution in [0.2, 0.25) is 5.02 Å². The molecule has 2 rings (SSSR count). The van der Waals surface area contributed by atoms with Gasteiger partial charge in [-0.3, -0.25) is 0 Å². The number of carbonyl (C=O) groups is 1. The van der Waals surface area contributed by atoms with Crippen LogP contribution < -0.4 is 4.74 Å². The molecule has 3 nitrogen and oxygen atoms in total. The molecule has 0 amide bonds. The fourth-order valence-corrected chi connectivity index (χ4v) is 1.98. The summed E-state index contributed by atoms with van der Waals surface area (Å²) < 4.78 is 6.57. The zero-order valence-corrected chi connectivity index (χ0v) is 12.3. The van der Waals surface area contributed by atoms with Gasteiger partial charge in [0.05, 0.1) is 0 Å². The first-order valence-electron chi connectivity index (χ1n) is 5.44. The first-order chi connectivity index (χ1) is 8.97. The zero-order valence-electron chi connectivity index (χ0n) is 9.98. The summed E-state index contributed by atoms with van der Waals surface area (Å²) >= 11 is 9.18. The van der Waals surface area contributed by atoms with Crippen molar-refractivity contribution in [1.82, 2.24) is 0 Å². The molecule has 19 heavy (non-hydrogen) atoms. The quantitative estimate of drug-likeness (QED) is 0.863. The Bertz CT molecular complexity index is 641. The van der Waals surface area contributed by atoms with E-state index in [4.69, 9.17) is 21.4 Å². The van der Waals surface area contributed by atoms with E-state index in [1.807, 2.05) is 19.1 Å². The Hall–Kier alpha value is -1.52. The molecule has 2 aromatic rings. The summed E-state index contributed by atoms with van der Waals surface area (Å²) in [5.41, 5.74) is 1.04. The van der Waals surface area contributed by atoms with Gasteiger partial charge in [-0.1, -0.05) is 27.5 Å². The van der Waals surface area contributed by atoms with Gasteiger partial charge in [0.2, 0.25) is 0 Å². The van der Waals surface area contributed by atoms with Crippen LogP contribution >= 0.6 is 27.5 Å². The minimum atomic E-state index is -1.08. The van der Waals surface area contributed by atoms with Crippen LogP contribution in [0.25, 0.3) is 0 Å². The van der Waals surface area contributed by atoms with E-state index in [9.17, 15) is 4.79 Å². The van der Waals surface area contributed by atoms with E-state index in [1.54, 1.807) is 18.2 Å². The summed E-state index contributed by atoms with van der Waals surface area (Å²) in [5.74, 6) is -0.240. The van der Waals surface area contributed by atoms with Gasteiger partial charge in [-0.15, -0.1) is 0 Å². The first-order valence-corrected chi connectivity index (χ1v) is 6.61. The summed E-state index contributed by atoms with van der Waals surface area (Å²) in [6.07, 6.45) is 0. The van der Waals surface area contributed by atoms with Gasteiger partial charge in [0.25, 0.3) is 0 Å². The average Bonchev–Trinajstić information content (AvgIpc) is 2.36. The highest BCUT2D eigenvalue weighted by atomic mass is 79.9. The molecule has 0 atom stereocenters. The smallest absolute Gasteiger partial charge is 0.339 e. The standard InChI is InChI=1S/C14H10BrClO3/c1-8-6-10(3-4-12(8)15)19-13-5-2-9(16)7-11(13)14(17)18/h2-7H,1H3,(H,17,18). The number of hydrogen-bond donors (Lipinski definition) is 1. The summed E-state index contributed by atoms with van der Waals surface area (Å²) in [6.45, 7) is 1.93. The summed E-state index contributed by atoms with van der Waals surface area (Å²) in [5, 5.41) is 9.48. The molecule has 0 saturated heterocycles. The molecular formula is C14H10BrClO3. The average molecular weight is 342 g/mol. The van der Waals surface area contributed by atoms with Crippen molar-refractivity contribution in [2.24, 2.45) is 0 Å². The van der Waals surface area contributed by atoms with E-state index >= 15 is 0 Å². The van der Waals surface area contributed by atoms with Gasteiger partial charge in [-0.2, -0.15) is 0 Å². The maximum Gasteiger partial charge on any atom is 0.339 e. The van der Waals surface area contributed by atoms with E-state index in [1.165, 1.54) is 6.07 Å². The zero-order chi connectivity index (χ0) is 14.0. The molecule has 98 valence electrons. The number of rotatable bonds is 3. The molecule has 0 aromatic heterocycles. The van der Waals surface area contributed by atoms with Gasteiger partial charge < -0.3 is 9.84 Å². The monoisotopic (exact) mass is 340 g/mol. The molecule has 0 heterocycles. The third kappa shape index (κ3) is 3.28. The molecule has 5 heteroatoms. The molecule has 0 aliphatic rings. The van der Waals surface area contributed by atoms with E-state index in [-0.39, 0.29) is 11.3 Å². The molecule has 0 fully saturated rings. The number of carboxylic acid groups (broad SMARTS) is 1. The Labute approximate surface area is 123 Å². The number of carboxylic acids is 1. The minimum absolute atomic E-state index is 0.0353. The second-order valence-corrected chi connectivity index (χ2v) is 5.25. The van der Waals surface area contributed by atoms with Gasteiger partial charge in [0.1, 0.15) is 17.1 Å². The number of aromatic carboxylic acids is 1. The van der Waals surface area contributed by atoms with Crippen LogP contribution in [0.3, 0.4) is 0 Å². The maximum atomic E-state index is 11.1. The number of hydrogen-bond acceptors (Lipinski definition) is 2. The molecule has 1 N–H and O–H groups in total. The second-order valence-electron chi connectivity index (χ2n) is 3.96. The van der Waals surface area contributed by atoms with Crippen LogP contribution in [-0.2, 0) is 0 Å². The van der Waals surface area contributed by atoms with Gasteiger partial charge in [-0.25, -0.2) is 4.79 Å². The lowest BCUT2D eigenvalue weighted by Crippen LogP contribution is -2.00. The molecule has 0 unspecified atom stereocenters. The van der Waals surface area contributed by atoms with E-state index in [2.05, 4.69) is 15.9 Å². The van der Waals surface area contributed by atoms with E-state index in [0.29, 0.717) is 10.8 Å². The highest BCUT2D eigenvalue weighted by molar-refractivity contribution is 9.10. The highest BCUT2D eigenvalue weighted by Gasteiger charge is 2.13. The predicted octanol–water partition coefficient (Wildman–Crippen LogP) is 4.90. The molecule has 0 aliphatic heterocycles. The number of ether oxygens (including phenoxy) is 1. The molecule has 0 spiro atoms. The van der Waals surface area contributed by atoms with Gasteiger partial charge >= 0.3 is 5.97 Å². The van der Waals surface area contributed by atoms with Crippen molar-refractivity contribution in [2.45, 2.75) is 6.92 Å². The van der Waals surface area contributed by atoms with Crippen molar-refractivity contribution < 1.29 is 14.6 Å². The SMILES string of the molecule is Cc1cc(Oc2ccc(Cl)cc2C(=O)O)ccc1Br. The van der Waals surface area contributed by atoms with Crippen molar-refractivity contribution in [3.05, 3.63) is 57.0 Å². The third-order valence-corrected chi connectivity index (χ3v) is 3.65. The van der Waals surface area contributed by atoms with Crippen LogP contribution in [0.5, 0.6) is 11.5 Å². The fraction of sp³-hybridized carbons (Fsp3) is 0.0714. The molecule has 0 radical (unpaired) electrons. The largest absolute Gasteiger partial charge is 0.478 e. The van der Waals surface area contributed by atoms with Crippen LogP contribution in [0, 0.1) is 6.92 Å². The van der Waals surface area contributed by atoms with Crippen LogP contribution in [0.4, 0.5) is 0 Å². The van der Waals surface area contributed by atoms with E-state index < -0.39 is 5.97 Å². The molecule has 0 aliphatic carbocycles. The predicted molar refractivity (Wildman–Crippen MR) is 77.4 cm³/mol. The lowest BCUT2D eigenvalue weighted by atomic mass is 10.2. The van der Waals surface area contributed by atoms with Crippen molar-refractivity contribution in [1.29, 1.82) is 0 Å². The topological polar surface area (TPSA) is 46.5 Å². The Balaban J connectivity index is 2.37. The molecule has 2 aromatic carbocycles. The Morgan fingerprint density at radius 3 is 2.63 bits per heavy atom. The lowest BCUT2D eigenvalue weighted by Gasteiger charge is -2.10. The maximum absolute atomic E-state index is 11.1. The number of benzene rings is 2. The van der Waals surface area contributed by atoms with Crippen LogP contribution in [0.1, 0.15) is 15.9 Å². The molecular weight excluding hydrogens is 332 g/mol. The Morgan fingerprint density at radius 1 is 1.26 bits per heavy atom. The third-order valence-electron chi connectivity index (χ3n) is 2.53. The Morgan fingerprint density at radius 2 is 2.00 bits per heavy atom. The minimum Gasteiger partial charge on any atom is -0.478 e. The van der Waals surface area contributed by atoms with Gasteiger partial charge in [0, 0.05) is 9.50 Å². The highest BCUT2D eigenvalue weighted by Crippen LogP contribution is 2.30. The first kappa shape index (κ1) is 13.9. The summed E-state index contributed by atoms with van der Waals surface area (Å²) in [6, 6.07) is 9.94. The van der Waals surface area contributed by atoms with Crippen molar-refractivity contribution >= 4 is 33.5 Å². The van der Waals surface area contributed by atoms with E-state index in [0.717, 1.165) is 10.0 Å².